The summed E-state index contributed by atoms with van der Waals surface area (Å²) in [5.74, 6) is 0. The number of carbonyl (C=O) groups is 1. The lowest BCUT2D eigenvalue weighted by molar-refractivity contribution is 0.0196. The molecule has 0 saturated heterocycles. The van der Waals surface area contributed by atoms with E-state index in [9.17, 15) is 4.79 Å². The van der Waals surface area contributed by atoms with Crippen LogP contribution in [-0.2, 0) is 9.47 Å². The molecule has 0 heterocycles. The third-order valence-electron chi connectivity index (χ3n) is 1.76. The van der Waals surface area contributed by atoms with Crippen LogP contribution in [-0.4, -0.2) is 47.3 Å². The molecule has 0 aromatic carbocycles. The predicted octanol–water partition coefficient (Wildman–Crippen LogP) is 2.70. The topological polar surface area (TPSA) is 38.8 Å². The zero-order valence-electron chi connectivity index (χ0n) is 10.6. The highest BCUT2D eigenvalue weighted by molar-refractivity contribution is 14.1. The van der Waals surface area contributed by atoms with E-state index >= 15 is 0 Å². The Morgan fingerprint density at radius 3 is 2.38 bits per heavy atom. The summed E-state index contributed by atoms with van der Waals surface area (Å²) in [6.07, 6.45) is -0.270. The van der Waals surface area contributed by atoms with Gasteiger partial charge < -0.3 is 14.4 Å². The van der Waals surface area contributed by atoms with Gasteiger partial charge in [0.15, 0.2) is 0 Å². The second-order valence-electron chi connectivity index (χ2n) is 4.36. The maximum absolute atomic E-state index is 11.7. The van der Waals surface area contributed by atoms with Gasteiger partial charge in [0, 0.05) is 17.5 Å². The average molecular weight is 343 g/mol. The quantitative estimate of drug-likeness (QED) is 0.423. The molecule has 0 radical (unpaired) electrons. The lowest BCUT2D eigenvalue weighted by Gasteiger charge is -2.26. The van der Waals surface area contributed by atoms with E-state index in [-0.39, 0.29) is 6.09 Å². The summed E-state index contributed by atoms with van der Waals surface area (Å²) in [7, 11) is 0. The van der Waals surface area contributed by atoms with Crippen LogP contribution in [0.25, 0.3) is 0 Å². The van der Waals surface area contributed by atoms with Crippen molar-refractivity contribution in [1.82, 2.24) is 4.90 Å². The summed E-state index contributed by atoms with van der Waals surface area (Å²) >= 11 is 2.25. The number of alkyl halides is 1. The number of amides is 1. The monoisotopic (exact) mass is 343 g/mol. The normalized spacial score (nSPS) is 11.3. The molecule has 16 heavy (non-hydrogen) atoms. The molecule has 0 aliphatic heterocycles. The maximum Gasteiger partial charge on any atom is 0.410 e. The highest BCUT2D eigenvalue weighted by atomic mass is 127. The van der Waals surface area contributed by atoms with Gasteiger partial charge in [0.1, 0.15) is 5.60 Å². The predicted molar refractivity (Wildman–Crippen MR) is 73.2 cm³/mol. The molecule has 0 rings (SSSR count). The lowest BCUT2D eigenvalue weighted by atomic mass is 10.2. The number of ether oxygens (including phenoxy) is 2. The summed E-state index contributed by atoms with van der Waals surface area (Å²) in [5, 5.41) is 0. The van der Waals surface area contributed by atoms with Crippen LogP contribution in [0.3, 0.4) is 0 Å². The summed E-state index contributed by atoms with van der Waals surface area (Å²) in [5.41, 5.74) is -0.437. The van der Waals surface area contributed by atoms with Crippen molar-refractivity contribution in [2.75, 3.05) is 30.7 Å². The van der Waals surface area contributed by atoms with E-state index in [2.05, 4.69) is 22.6 Å². The first-order valence-electron chi connectivity index (χ1n) is 5.52. The Labute approximate surface area is 112 Å². The molecule has 0 saturated carbocycles. The van der Waals surface area contributed by atoms with Gasteiger partial charge >= 0.3 is 6.09 Å². The molecule has 1 amide bonds. The van der Waals surface area contributed by atoms with Crippen LogP contribution in [0.5, 0.6) is 0 Å². The molecule has 0 spiro atoms. The molecular weight excluding hydrogens is 321 g/mol. The Morgan fingerprint density at radius 1 is 1.31 bits per heavy atom. The van der Waals surface area contributed by atoms with Crippen LogP contribution in [0.2, 0.25) is 0 Å². The van der Waals surface area contributed by atoms with Crippen LogP contribution in [0.1, 0.15) is 27.7 Å². The van der Waals surface area contributed by atoms with Crippen molar-refractivity contribution >= 4 is 28.7 Å². The first-order valence-corrected chi connectivity index (χ1v) is 7.05. The largest absolute Gasteiger partial charge is 0.444 e. The highest BCUT2D eigenvalue weighted by Crippen LogP contribution is 2.09. The third kappa shape index (κ3) is 8.15. The van der Waals surface area contributed by atoms with Crippen LogP contribution in [0, 0.1) is 0 Å². The second-order valence-corrected chi connectivity index (χ2v) is 5.44. The smallest absolute Gasteiger partial charge is 0.410 e. The van der Waals surface area contributed by atoms with Gasteiger partial charge in [-0.05, 0) is 27.7 Å². The molecule has 0 aliphatic carbocycles. The third-order valence-corrected chi connectivity index (χ3v) is 2.20. The van der Waals surface area contributed by atoms with Crippen molar-refractivity contribution in [3.8, 4) is 0 Å². The zero-order valence-corrected chi connectivity index (χ0v) is 12.7. The minimum absolute atomic E-state index is 0.270. The minimum Gasteiger partial charge on any atom is -0.444 e. The van der Waals surface area contributed by atoms with Crippen molar-refractivity contribution in [2.24, 2.45) is 0 Å². The molecule has 5 heteroatoms. The Hall–Kier alpha value is -0.0400. The average Bonchev–Trinajstić information content (AvgIpc) is 2.15. The molecule has 0 aromatic rings. The summed E-state index contributed by atoms with van der Waals surface area (Å²) in [4.78, 5) is 13.4. The van der Waals surface area contributed by atoms with E-state index in [0.717, 1.165) is 11.0 Å². The summed E-state index contributed by atoms with van der Waals surface area (Å²) < 4.78 is 11.6. The van der Waals surface area contributed by atoms with Crippen molar-refractivity contribution in [3.05, 3.63) is 0 Å². The number of nitrogens with zero attached hydrogens (tertiary/aromatic N) is 1. The fourth-order valence-electron chi connectivity index (χ4n) is 1.04. The molecule has 0 unspecified atom stereocenters. The Balaban J connectivity index is 3.93. The van der Waals surface area contributed by atoms with E-state index in [1.165, 1.54) is 0 Å². The van der Waals surface area contributed by atoms with E-state index in [1.54, 1.807) is 4.90 Å². The first kappa shape index (κ1) is 16.0. The van der Waals surface area contributed by atoms with Crippen molar-refractivity contribution in [2.45, 2.75) is 33.3 Å². The first-order chi connectivity index (χ1) is 7.40. The number of halogens is 1. The Kier molecular flexibility index (Phi) is 8.09. The van der Waals surface area contributed by atoms with Gasteiger partial charge in [-0.25, -0.2) is 4.79 Å². The van der Waals surface area contributed by atoms with Gasteiger partial charge in [0.2, 0.25) is 0 Å². The van der Waals surface area contributed by atoms with Crippen molar-refractivity contribution < 1.29 is 14.3 Å². The minimum atomic E-state index is -0.437. The molecule has 0 fully saturated rings. The van der Waals surface area contributed by atoms with Crippen molar-refractivity contribution in [3.63, 3.8) is 0 Å². The summed E-state index contributed by atoms with van der Waals surface area (Å²) in [6, 6.07) is 0. The number of likely N-dealkylation sites (N-methyl/N-ethyl adjacent to an activating group) is 1. The van der Waals surface area contributed by atoms with Gasteiger partial charge in [-0.1, -0.05) is 22.6 Å². The maximum atomic E-state index is 11.7. The van der Waals surface area contributed by atoms with Gasteiger partial charge in [0.05, 0.1) is 13.2 Å². The molecule has 0 bridgehead atoms. The molecule has 0 aliphatic rings. The second kappa shape index (κ2) is 8.11. The van der Waals surface area contributed by atoms with E-state index in [1.807, 2.05) is 27.7 Å². The number of carbonyl (C=O) groups excluding carboxylic acids is 1. The fourth-order valence-corrected chi connectivity index (χ4v) is 1.35. The van der Waals surface area contributed by atoms with Crippen LogP contribution < -0.4 is 0 Å². The van der Waals surface area contributed by atoms with Gasteiger partial charge in [0.25, 0.3) is 0 Å². The number of hydrogen-bond donors (Lipinski definition) is 0. The molecule has 0 atom stereocenters. The van der Waals surface area contributed by atoms with E-state index in [4.69, 9.17) is 9.47 Å². The number of rotatable bonds is 6. The van der Waals surface area contributed by atoms with E-state index in [0.29, 0.717) is 19.7 Å². The highest BCUT2D eigenvalue weighted by Gasteiger charge is 2.20. The molecular formula is C11H22INO3. The lowest BCUT2D eigenvalue weighted by Crippen LogP contribution is -2.38. The zero-order chi connectivity index (χ0) is 12.6. The summed E-state index contributed by atoms with van der Waals surface area (Å²) in [6.45, 7) is 10.1. The Morgan fingerprint density at radius 2 is 1.94 bits per heavy atom. The van der Waals surface area contributed by atoms with Crippen LogP contribution >= 0.6 is 22.6 Å². The van der Waals surface area contributed by atoms with Crippen molar-refractivity contribution in [1.29, 1.82) is 0 Å². The Bertz CT molecular complexity index is 204. The van der Waals surface area contributed by atoms with Gasteiger partial charge in [-0.3, -0.25) is 0 Å². The van der Waals surface area contributed by atoms with E-state index < -0.39 is 5.60 Å². The number of hydrogen-bond acceptors (Lipinski definition) is 3. The molecule has 0 N–H and O–H groups in total. The standard InChI is InChI=1S/C11H22INO3/c1-5-13(7-9-15-8-6-12)10(14)16-11(2,3)4/h5-9H2,1-4H3. The van der Waals surface area contributed by atoms with Crippen LogP contribution in [0.15, 0.2) is 0 Å². The van der Waals surface area contributed by atoms with Gasteiger partial charge in [-0.2, -0.15) is 0 Å². The molecule has 96 valence electrons. The van der Waals surface area contributed by atoms with Gasteiger partial charge in [-0.15, -0.1) is 0 Å². The fraction of sp³-hybridized carbons (Fsp3) is 0.909. The SMILES string of the molecule is CCN(CCOCCI)C(=O)OC(C)(C)C. The molecule has 4 nitrogen and oxygen atoms in total. The van der Waals surface area contributed by atoms with Crippen LogP contribution in [0.4, 0.5) is 4.79 Å². The molecule has 0 aromatic heterocycles.